The lowest BCUT2D eigenvalue weighted by Gasteiger charge is -2.23. The van der Waals surface area contributed by atoms with Gasteiger partial charge in [0, 0.05) is 26.8 Å². The quantitative estimate of drug-likeness (QED) is 0.685. The number of likely N-dealkylation sites (tertiary alicyclic amines) is 1. The number of carbonyl (C=O) groups is 2. The highest BCUT2D eigenvalue weighted by molar-refractivity contribution is 5.83. The molecule has 1 aliphatic rings. The molecule has 0 saturated carbocycles. The van der Waals surface area contributed by atoms with Gasteiger partial charge < -0.3 is 20.1 Å². The lowest BCUT2D eigenvalue weighted by molar-refractivity contribution is -0.142. The van der Waals surface area contributed by atoms with Crippen LogP contribution in [0.3, 0.4) is 0 Å². The smallest absolute Gasteiger partial charge is 0.326 e. The second kappa shape index (κ2) is 7.99. The SMILES string of the molecule is COCCCCCNC(=O)N1CCC(C)C1C(=O)O. The number of nitrogens with one attached hydrogen (secondary N) is 1. The minimum Gasteiger partial charge on any atom is -0.480 e. The molecule has 1 heterocycles. The molecule has 0 bridgehead atoms. The maximum absolute atomic E-state index is 11.9. The number of carboxylic acid groups (broad SMARTS) is 1. The third-order valence-corrected chi connectivity index (χ3v) is 3.52. The Kier molecular flexibility index (Phi) is 6.62. The fourth-order valence-electron chi connectivity index (χ4n) is 2.40. The summed E-state index contributed by atoms with van der Waals surface area (Å²) in [5.74, 6) is -0.898. The van der Waals surface area contributed by atoms with Crippen LogP contribution in [0.15, 0.2) is 0 Å². The number of methoxy groups -OCH3 is 1. The van der Waals surface area contributed by atoms with Gasteiger partial charge in [-0.3, -0.25) is 0 Å². The van der Waals surface area contributed by atoms with Gasteiger partial charge in [0.1, 0.15) is 6.04 Å². The number of rotatable bonds is 7. The van der Waals surface area contributed by atoms with Gasteiger partial charge >= 0.3 is 12.0 Å². The summed E-state index contributed by atoms with van der Waals surface area (Å²) in [6, 6.07) is -0.947. The van der Waals surface area contributed by atoms with Crippen molar-refractivity contribution in [2.75, 3.05) is 26.8 Å². The van der Waals surface area contributed by atoms with E-state index in [1.54, 1.807) is 7.11 Å². The minimum atomic E-state index is -0.916. The van der Waals surface area contributed by atoms with E-state index >= 15 is 0 Å². The Hall–Kier alpha value is -1.30. The van der Waals surface area contributed by atoms with E-state index in [4.69, 9.17) is 9.84 Å². The summed E-state index contributed by atoms with van der Waals surface area (Å²) >= 11 is 0. The molecule has 0 aromatic heterocycles. The van der Waals surface area contributed by atoms with Crippen molar-refractivity contribution in [3.05, 3.63) is 0 Å². The Morgan fingerprint density at radius 1 is 1.37 bits per heavy atom. The average molecular weight is 272 g/mol. The highest BCUT2D eigenvalue weighted by Gasteiger charge is 2.39. The molecule has 1 aliphatic heterocycles. The first-order valence-electron chi connectivity index (χ1n) is 6.84. The summed E-state index contributed by atoms with van der Waals surface area (Å²) in [4.78, 5) is 24.5. The monoisotopic (exact) mass is 272 g/mol. The second-order valence-electron chi connectivity index (χ2n) is 5.03. The molecular formula is C13H24N2O4. The van der Waals surface area contributed by atoms with Crippen molar-refractivity contribution in [1.29, 1.82) is 0 Å². The second-order valence-corrected chi connectivity index (χ2v) is 5.03. The topological polar surface area (TPSA) is 78.9 Å². The summed E-state index contributed by atoms with van der Waals surface area (Å²) in [6.45, 7) is 3.71. The zero-order chi connectivity index (χ0) is 14.3. The number of ether oxygens (including phenoxy) is 1. The number of urea groups is 1. The number of nitrogens with zero attached hydrogens (tertiary/aromatic N) is 1. The lowest BCUT2D eigenvalue weighted by Crippen LogP contribution is -2.47. The number of hydrogen-bond donors (Lipinski definition) is 2. The molecular weight excluding hydrogens is 248 g/mol. The number of carbonyl (C=O) groups excluding carboxylic acids is 1. The standard InChI is InChI=1S/C13H24N2O4/c1-10-6-8-15(11(10)12(16)17)13(18)14-7-4-3-5-9-19-2/h10-11H,3-9H2,1-2H3,(H,14,18)(H,16,17). The van der Waals surface area contributed by atoms with Crippen LogP contribution in [-0.4, -0.2) is 54.9 Å². The lowest BCUT2D eigenvalue weighted by atomic mass is 10.0. The molecule has 0 spiro atoms. The summed E-state index contributed by atoms with van der Waals surface area (Å²) in [5, 5.41) is 11.9. The normalized spacial score (nSPS) is 22.5. The van der Waals surface area contributed by atoms with Gasteiger partial charge in [0.2, 0.25) is 0 Å². The van der Waals surface area contributed by atoms with Crippen LogP contribution in [0.25, 0.3) is 0 Å². The summed E-state index contributed by atoms with van der Waals surface area (Å²) in [7, 11) is 1.67. The van der Waals surface area contributed by atoms with E-state index in [0.717, 1.165) is 32.3 Å². The van der Waals surface area contributed by atoms with Crippen LogP contribution >= 0.6 is 0 Å². The van der Waals surface area contributed by atoms with E-state index in [0.29, 0.717) is 13.1 Å². The van der Waals surface area contributed by atoms with Crippen LogP contribution in [0.1, 0.15) is 32.6 Å². The third kappa shape index (κ3) is 4.70. The van der Waals surface area contributed by atoms with Crippen molar-refractivity contribution in [2.24, 2.45) is 5.92 Å². The molecule has 1 fully saturated rings. The fourth-order valence-corrected chi connectivity index (χ4v) is 2.40. The zero-order valence-electron chi connectivity index (χ0n) is 11.7. The molecule has 6 heteroatoms. The third-order valence-electron chi connectivity index (χ3n) is 3.52. The van der Waals surface area contributed by atoms with Crippen molar-refractivity contribution in [1.82, 2.24) is 10.2 Å². The Morgan fingerprint density at radius 2 is 2.11 bits per heavy atom. The van der Waals surface area contributed by atoms with Crippen LogP contribution in [0.5, 0.6) is 0 Å². The summed E-state index contributed by atoms with van der Waals surface area (Å²) in [5.41, 5.74) is 0. The van der Waals surface area contributed by atoms with Crippen LogP contribution in [0.2, 0.25) is 0 Å². The van der Waals surface area contributed by atoms with Crippen molar-refractivity contribution < 1.29 is 19.4 Å². The van der Waals surface area contributed by atoms with Gasteiger partial charge in [0.05, 0.1) is 0 Å². The molecule has 110 valence electrons. The molecule has 1 saturated heterocycles. The Morgan fingerprint density at radius 3 is 2.74 bits per heavy atom. The van der Waals surface area contributed by atoms with E-state index in [1.165, 1.54) is 4.90 Å². The van der Waals surface area contributed by atoms with Crippen molar-refractivity contribution in [3.63, 3.8) is 0 Å². The number of carboxylic acids is 1. The Balaban J connectivity index is 2.27. The van der Waals surface area contributed by atoms with Gasteiger partial charge in [-0.1, -0.05) is 6.92 Å². The van der Waals surface area contributed by atoms with Gasteiger partial charge in [-0.2, -0.15) is 0 Å². The first kappa shape index (κ1) is 15.8. The van der Waals surface area contributed by atoms with Crippen LogP contribution in [0, 0.1) is 5.92 Å². The van der Waals surface area contributed by atoms with E-state index < -0.39 is 12.0 Å². The van der Waals surface area contributed by atoms with Crippen LogP contribution < -0.4 is 5.32 Å². The average Bonchev–Trinajstić information content (AvgIpc) is 2.75. The molecule has 0 aromatic carbocycles. The van der Waals surface area contributed by atoms with Gasteiger partial charge in [-0.05, 0) is 31.6 Å². The molecule has 2 N–H and O–H groups in total. The predicted octanol–water partition coefficient (Wildman–Crippen LogP) is 1.31. The molecule has 2 amide bonds. The maximum Gasteiger partial charge on any atom is 0.326 e. The van der Waals surface area contributed by atoms with Crippen LogP contribution in [-0.2, 0) is 9.53 Å². The van der Waals surface area contributed by atoms with E-state index in [2.05, 4.69) is 5.32 Å². The Bertz CT molecular complexity index is 309. The van der Waals surface area contributed by atoms with Gasteiger partial charge in [-0.25, -0.2) is 9.59 Å². The molecule has 0 radical (unpaired) electrons. The molecule has 0 aliphatic carbocycles. The molecule has 0 aromatic rings. The van der Waals surface area contributed by atoms with E-state index in [1.807, 2.05) is 6.92 Å². The summed E-state index contributed by atoms with van der Waals surface area (Å²) in [6.07, 6.45) is 3.60. The number of aliphatic carboxylic acids is 1. The van der Waals surface area contributed by atoms with E-state index in [9.17, 15) is 9.59 Å². The van der Waals surface area contributed by atoms with Crippen molar-refractivity contribution >= 4 is 12.0 Å². The summed E-state index contributed by atoms with van der Waals surface area (Å²) < 4.78 is 4.94. The van der Waals surface area contributed by atoms with E-state index in [-0.39, 0.29) is 11.9 Å². The zero-order valence-corrected chi connectivity index (χ0v) is 11.7. The predicted molar refractivity (Wildman–Crippen MR) is 71.0 cm³/mol. The molecule has 2 unspecified atom stereocenters. The van der Waals surface area contributed by atoms with Gasteiger partial charge in [-0.15, -0.1) is 0 Å². The van der Waals surface area contributed by atoms with Crippen LogP contribution in [0.4, 0.5) is 4.79 Å². The largest absolute Gasteiger partial charge is 0.480 e. The maximum atomic E-state index is 11.9. The number of amides is 2. The molecule has 1 rings (SSSR count). The highest BCUT2D eigenvalue weighted by atomic mass is 16.5. The van der Waals surface area contributed by atoms with Crippen molar-refractivity contribution in [3.8, 4) is 0 Å². The fraction of sp³-hybridized carbons (Fsp3) is 0.846. The number of hydrogen-bond acceptors (Lipinski definition) is 3. The van der Waals surface area contributed by atoms with Gasteiger partial charge in [0.25, 0.3) is 0 Å². The first-order valence-corrected chi connectivity index (χ1v) is 6.84. The number of unbranched alkanes of at least 4 members (excludes halogenated alkanes) is 2. The molecule has 19 heavy (non-hydrogen) atoms. The Labute approximate surface area is 114 Å². The van der Waals surface area contributed by atoms with Crippen molar-refractivity contribution in [2.45, 2.75) is 38.6 Å². The first-order chi connectivity index (χ1) is 9.07. The highest BCUT2D eigenvalue weighted by Crippen LogP contribution is 2.23. The minimum absolute atomic E-state index is 0.0185. The van der Waals surface area contributed by atoms with Gasteiger partial charge in [0.15, 0.2) is 0 Å². The molecule has 6 nitrogen and oxygen atoms in total. The molecule has 2 atom stereocenters.